The van der Waals surface area contributed by atoms with Gasteiger partial charge in [0.2, 0.25) is 5.91 Å². The van der Waals surface area contributed by atoms with E-state index in [-0.39, 0.29) is 11.4 Å². The van der Waals surface area contributed by atoms with Crippen molar-refractivity contribution in [2.24, 2.45) is 0 Å². The number of hydrogen-bond acceptors (Lipinski definition) is 6. The van der Waals surface area contributed by atoms with Crippen molar-refractivity contribution in [3.05, 3.63) is 95.3 Å². The molecule has 0 unspecified atom stereocenters. The molecule has 0 saturated carbocycles. The number of thiophene rings is 1. The molecule has 1 amide bonds. The summed E-state index contributed by atoms with van der Waals surface area (Å²) in [5.41, 5.74) is 4.79. The third kappa shape index (κ3) is 5.76. The number of nitrogens with one attached hydrogen (secondary N) is 1. The summed E-state index contributed by atoms with van der Waals surface area (Å²) in [5.74, 6) is 0.882. The maximum absolute atomic E-state index is 13.0. The molecule has 1 aliphatic rings. The molecule has 0 spiro atoms. The molecular formula is C33H36N6OS. The normalized spacial score (nSPS) is 13.9. The smallest absolute Gasteiger partial charge is 0.246 e. The number of benzene rings is 2. The topological polar surface area (TPSA) is 66.3 Å². The molecular weight excluding hydrogens is 528 g/mol. The molecule has 210 valence electrons. The molecule has 8 heteroatoms. The molecule has 1 aliphatic heterocycles. The van der Waals surface area contributed by atoms with Crippen molar-refractivity contribution < 1.29 is 4.79 Å². The maximum atomic E-state index is 13.0. The summed E-state index contributed by atoms with van der Waals surface area (Å²) in [7, 11) is 2.08. The van der Waals surface area contributed by atoms with E-state index in [1.54, 1.807) is 23.7 Å². The number of fused-ring (bicyclic) bond motifs is 4. The average molecular weight is 565 g/mol. The number of anilines is 2. The van der Waals surface area contributed by atoms with E-state index in [2.05, 4.69) is 107 Å². The highest BCUT2D eigenvalue weighted by Crippen LogP contribution is 2.38. The first-order chi connectivity index (χ1) is 19.8. The molecule has 0 bridgehead atoms. The lowest BCUT2D eigenvalue weighted by molar-refractivity contribution is -0.126. The van der Waals surface area contributed by atoms with Gasteiger partial charge in [-0.1, -0.05) is 36.4 Å². The van der Waals surface area contributed by atoms with Crippen LogP contribution in [0.25, 0.3) is 21.1 Å². The molecule has 7 nitrogen and oxygen atoms in total. The van der Waals surface area contributed by atoms with E-state index in [9.17, 15) is 4.79 Å². The molecule has 6 rings (SSSR count). The maximum Gasteiger partial charge on any atom is 0.246 e. The number of nitrogens with zero attached hydrogens (tertiary/aromatic N) is 5. The number of carbonyl (C=O) groups excluding carboxylic acids is 1. The zero-order chi connectivity index (χ0) is 28.6. The summed E-state index contributed by atoms with van der Waals surface area (Å²) < 4.78 is 2.28. The fraction of sp³-hybridized carbons (Fsp3) is 0.303. The zero-order valence-electron chi connectivity index (χ0n) is 24.1. The first-order valence-electron chi connectivity index (χ1n) is 14.1. The van der Waals surface area contributed by atoms with Gasteiger partial charge in [-0.25, -0.2) is 9.97 Å². The Morgan fingerprint density at radius 2 is 1.95 bits per heavy atom. The summed E-state index contributed by atoms with van der Waals surface area (Å²) in [6.07, 6.45) is 8.24. The Bertz CT molecular complexity index is 1730. The van der Waals surface area contributed by atoms with Crippen LogP contribution in [0, 0.1) is 0 Å². The first-order valence-corrected chi connectivity index (χ1v) is 14.9. The molecule has 0 aliphatic carbocycles. The largest absolute Gasteiger partial charge is 0.343 e. The van der Waals surface area contributed by atoms with Gasteiger partial charge in [-0.05, 0) is 69.6 Å². The third-order valence-electron chi connectivity index (χ3n) is 7.96. The highest BCUT2D eigenvalue weighted by molar-refractivity contribution is 7.19. The van der Waals surface area contributed by atoms with Gasteiger partial charge in [0, 0.05) is 58.9 Å². The van der Waals surface area contributed by atoms with Crippen molar-refractivity contribution in [1.82, 2.24) is 24.3 Å². The average Bonchev–Trinajstić information content (AvgIpc) is 3.53. The van der Waals surface area contributed by atoms with Crippen molar-refractivity contribution in [2.75, 3.05) is 25.5 Å². The molecule has 0 atom stereocenters. The van der Waals surface area contributed by atoms with Crippen LogP contribution in [0.3, 0.4) is 0 Å². The lowest BCUT2D eigenvalue weighted by Crippen LogP contribution is -2.38. The predicted octanol–water partition coefficient (Wildman–Crippen LogP) is 6.61. The van der Waals surface area contributed by atoms with Gasteiger partial charge in [-0.15, -0.1) is 11.3 Å². The van der Waals surface area contributed by atoms with E-state index in [0.29, 0.717) is 13.1 Å². The second-order valence-electron chi connectivity index (χ2n) is 11.7. The van der Waals surface area contributed by atoms with Crippen molar-refractivity contribution in [2.45, 2.75) is 45.8 Å². The second kappa shape index (κ2) is 11.1. The van der Waals surface area contributed by atoms with Gasteiger partial charge in [-0.2, -0.15) is 0 Å². The molecule has 41 heavy (non-hydrogen) atoms. The van der Waals surface area contributed by atoms with Gasteiger partial charge < -0.3 is 14.8 Å². The van der Waals surface area contributed by atoms with Crippen LogP contribution in [0.2, 0.25) is 0 Å². The Hall–Kier alpha value is -4.01. The van der Waals surface area contributed by atoms with Crippen molar-refractivity contribution in [3.8, 4) is 0 Å². The minimum absolute atomic E-state index is 0.0624. The third-order valence-corrected chi connectivity index (χ3v) is 9.09. The van der Waals surface area contributed by atoms with Crippen LogP contribution in [0.4, 0.5) is 11.5 Å². The van der Waals surface area contributed by atoms with Crippen LogP contribution in [-0.2, 0) is 24.3 Å². The van der Waals surface area contributed by atoms with Gasteiger partial charge in [0.15, 0.2) is 0 Å². The SMILES string of the molecule is CN(C/C=C/C(=O)N1CCc2c(sc3ncnc(Nc4ccc5c(ccn5Cc5ccccc5)c4)c23)C1)C(C)(C)C. The zero-order valence-corrected chi connectivity index (χ0v) is 24.9. The Balaban J connectivity index is 1.19. The van der Waals surface area contributed by atoms with Crippen molar-refractivity contribution in [1.29, 1.82) is 0 Å². The Kier molecular flexibility index (Phi) is 7.36. The van der Waals surface area contributed by atoms with Gasteiger partial charge in [0.05, 0.1) is 11.9 Å². The molecule has 2 aromatic carbocycles. The van der Waals surface area contributed by atoms with Crippen molar-refractivity contribution >= 4 is 49.9 Å². The van der Waals surface area contributed by atoms with Crippen LogP contribution in [0.15, 0.2) is 79.3 Å². The lowest BCUT2D eigenvalue weighted by atomic mass is 10.0. The molecule has 4 heterocycles. The number of aromatic nitrogens is 3. The molecule has 0 radical (unpaired) electrons. The van der Waals surface area contributed by atoms with Crippen LogP contribution in [0.5, 0.6) is 0 Å². The Labute approximate surface area is 245 Å². The molecule has 5 aromatic rings. The van der Waals surface area contributed by atoms with Gasteiger partial charge in [0.25, 0.3) is 0 Å². The molecule has 0 fully saturated rings. The minimum atomic E-state index is 0.0624. The summed E-state index contributed by atoms with van der Waals surface area (Å²) in [5, 5.41) is 5.82. The second-order valence-corrected chi connectivity index (χ2v) is 12.8. The standard InChI is InChI=1S/C33H36N6OS/c1-33(2,3)37(4)16-8-11-29(40)39-18-15-26-28(21-39)41-32-30(26)31(34-22-35-32)36-25-12-13-27-24(19-25)14-17-38(27)20-23-9-6-5-7-10-23/h5-14,17,19,22H,15-16,18,20-21H2,1-4H3,(H,34,35,36)/b11-8+. The van der Waals surface area contributed by atoms with Gasteiger partial charge in [0.1, 0.15) is 17.0 Å². The lowest BCUT2D eigenvalue weighted by Gasteiger charge is -2.31. The Morgan fingerprint density at radius 1 is 1.12 bits per heavy atom. The van der Waals surface area contributed by atoms with E-state index in [1.807, 2.05) is 17.0 Å². The van der Waals surface area contributed by atoms with Crippen LogP contribution in [-0.4, -0.2) is 55.9 Å². The van der Waals surface area contributed by atoms with Gasteiger partial charge >= 0.3 is 0 Å². The van der Waals surface area contributed by atoms with E-state index in [0.717, 1.165) is 41.2 Å². The number of amides is 1. The molecule has 0 saturated heterocycles. The number of likely N-dealkylation sites (N-methyl/N-ethyl adjacent to an activating group) is 1. The monoisotopic (exact) mass is 564 g/mol. The number of carbonyl (C=O) groups is 1. The summed E-state index contributed by atoms with van der Waals surface area (Å²) in [6.45, 7) is 9.39. The summed E-state index contributed by atoms with van der Waals surface area (Å²) >= 11 is 1.66. The minimum Gasteiger partial charge on any atom is -0.343 e. The molecule has 3 aromatic heterocycles. The van der Waals surface area contributed by atoms with E-state index in [4.69, 9.17) is 0 Å². The predicted molar refractivity (Wildman–Crippen MR) is 169 cm³/mol. The Morgan fingerprint density at radius 3 is 2.76 bits per heavy atom. The van der Waals surface area contributed by atoms with E-state index in [1.165, 1.54) is 26.9 Å². The van der Waals surface area contributed by atoms with Gasteiger partial charge in [-0.3, -0.25) is 9.69 Å². The van der Waals surface area contributed by atoms with Crippen LogP contribution >= 0.6 is 11.3 Å². The number of rotatable bonds is 7. The molecule has 1 N–H and O–H groups in total. The highest BCUT2D eigenvalue weighted by Gasteiger charge is 2.26. The number of hydrogen-bond donors (Lipinski definition) is 1. The van der Waals surface area contributed by atoms with Crippen molar-refractivity contribution in [3.63, 3.8) is 0 Å². The first kappa shape index (κ1) is 27.2. The summed E-state index contributed by atoms with van der Waals surface area (Å²) in [4.78, 5) is 28.5. The van der Waals surface area contributed by atoms with Crippen LogP contribution < -0.4 is 5.32 Å². The van der Waals surface area contributed by atoms with E-state index < -0.39 is 0 Å². The van der Waals surface area contributed by atoms with Crippen LogP contribution in [0.1, 0.15) is 36.8 Å². The fourth-order valence-electron chi connectivity index (χ4n) is 5.23. The summed E-state index contributed by atoms with van der Waals surface area (Å²) in [6, 6.07) is 19.1. The van der Waals surface area contributed by atoms with E-state index >= 15 is 0 Å². The highest BCUT2D eigenvalue weighted by atomic mass is 32.1. The fourth-order valence-corrected chi connectivity index (χ4v) is 6.44. The quantitative estimate of drug-likeness (QED) is 0.225.